The van der Waals surface area contributed by atoms with Gasteiger partial charge in [-0.05, 0) is 44.4 Å². The lowest BCUT2D eigenvalue weighted by Gasteiger charge is -2.34. The molecule has 6 nitrogen and oxygen atoms in total. The number of hydrogen-bond donors (Lipinski definition) is 0. The molecule has 168 valence electrons. The number of piperidine rings is 1. The number of carbonyl (C=O) groups is 2. The fraction of sp³-hybridized carbons (Fsp3) is 0.423. The summed E-state index contributed by atoms with van der Waals surface area (Å²) in [5, 5.41) is 6.40. The summed E-state index contributed by atoms with van der Waals surface area (Å²) >= 11 is 0. The molecule has 0 bridgehead atoms. The summed E-state index contributed by atoms with van der Waals surface area (Å²) in [4.78, 5) is 27.9. The van der Waals surface area contributed by atoms with E-state index in [0.717, 1.165) is 36.1 Å². The monoisotopic (exact) mass is 433 g/mol. The van der Waals surface area contributed by atoms with Crippen LogP contribution >= 0.6 is 0 Å². The van der Waals surface area contributed by atoms with E-state index in [1.54, 1.807) is 5.01 Å². The number of esters is 1. The summed E-state index contributed by atoms with van der Waals surface area (Å²) in [6.45, 7) is 5.10. The number of likely N-dealkylation sites (tertiary alicyclic amines) is 1. The van der Waals surface area contributed by atoms with E-state index < -0.39 is 0 Å². The predicted molar refractivity (Wildman–Crippen MR) is 124 cm³/mol. The standard InChI is InChI=1S/C26H31N3O3/c1-3-32-26(31)23-11-7-8-16-28(23)18-25(30)29-24(21-14-12-19(2)13-15-21)17-22(27-29)20-9-5-4-6-10-20/h4-6,9-10,12-15,23-24H,3,7-8,11,16-18H2,1-2H3/t23-,24+/m1/s1. The third-order valence-electron chi connectivity index (χ3n) is 6.25. The lowest BCUT2D eigenvalue weighted by Crippen LogP contribution is -2.49. The zero-order chi connectivity index (χ0) is 22.5. The van der Waals surface area contributed by atoms with Crippen molar-refractivity contribution >= 4 is 17.6 Å². The van der Waals surface area contributed by atoms with Crippen LogP contribution in [0.2, 0.25) is 0 Å². The highest BCUT2D eigenvalue weighted by molar-refractivity contribution is 6.03. The zero-order valence-electron chi connectivity index (χ0n) is 18.9. The van der Waals surface area contributed by atoms with Crippen molar-refractivity contribution in [3.63, 3.8) is 0 Å². The minimum atomic E-state index is -0.356. The second kappa shape index (κ2) is 10.1. The van der Waals surface area contributed by atoms with E-state index in [1.165, 1.54) is 5.56 Å². The molecule has 1 amide bonds. The maximum absolute atomic E-state index is 13.5. The van der Waals surface area contributed by atoms with Crippen LogP contribution in [0.25, 0.3) is 0 Å². The molecule has 0 spiro atoms. The number of carbonyl (C=O) groups excluding carboxylic acids is 2. The highest BCUT2D eigenvalue weighted by atomic mass is 16.5. The van der Waals surface area contributed by atoms with Crippen LogP contribution in [0.5, 0.6) is 0 Å². The smallest absolute Gasteiger partial charge is 0.323 e. The molecule has 0 aliphatic carbocycles. The number of rotatable bonds is 6. The van der Waals surface area contributed by atoms with Crippen molar-refractivity contribution in [3.8, 4) is 0 Å². The van der Waals surface area contributed by atoms with E-state index in [2.05, 4.69) is 31.2 Å². The summed E-state index contributed by atoms with van der Waals surface area (Å²) in [6, 6.07) is 17.8. The number of hydrazone groups is 1. The highest BCUT2D eigenvalue weighted by Gasteiger charge is 2.36. The van der Waals surface area contributed by atoms with Gasteiger partial charge >= 0.3 is 5.97 Å². The quantitative estimate of drug-likeness (QED) is 0.644. The Kier molecular flexibility index (Phi) is 7.00. The van der Waals surface area contributed by atoms with Crippen molar-refractivity contribution in [2.75, 3.05) is 19.7 Å². The van der Waals surface area contributed by atoms with Crippen molar-refractivity contribution < 1.29 is 14.3 Å². The van der Waals surface area contributed by atoms with Crippen LogP contribution in [0.4, 0.5) is 0 Å². The highest BCUT2D eigenvalue weighted by Crippen LogP contribution is 2.33. The molecule has 32 heavy (non-hydrogen) atoms. The van der Waals surface area contributed by atoms with Gasteiger partial charge in [0.15, 0.2) is 0 Å². The molecule has 2 aromatic carbocycles. The average Bonchev–Trinajstić information content (AvgIpc) is 3.26. The van der Waals surface area contributed by atoms with E-state index in [9.17, 15) is 9.59 Å². The summed E-state index contributed by atoms with van der Waals surface area (Å²) in [5.41, 5.74) is 4.19. The van der Waals surface area contributed by atoms with Gasteiger partial charge < -0.3 is 4.74 Å². The molecule has 2 aromatic rings. The minimum absolute atomic E-state index is 0.0855. The zero-order valence-corrected chi connectivity index (χ0v) is 18.9. The molecule has 4 rings (SSSR count). The first-order valence-electron chi connectivity index (χ1n) is 11.5. The van der Waals surface area contributed by atoms with Crippen LogP contribution in [0.3, 0.4) is 0 Å². The van der Waals surface area contributed by atoms with Crippen LogP contribution in [-0.2, 0) is 14.3 Å². The van der Waals surface area contributed by atoms with Crippen LogP contribution in [0, 0.1) is 6.92 Å². The molecule has 6 heteroatoms. The molecule has 1 fully saturated rings. The first-order valence-corrected chi connectivity index (χ1v) is 11.5. The molecule has 2 atom stereocenters. The first kappa shape index (κ1) is 22.2. The van der Waals surface area contributed by atoms with Gasteiger partial charge in [-0.25, -0.2) is 5.01 Å². The molecule has 0 saturated carbocycles. The van der Waals surface area contributed by atoms with Crippen LogP contribution in [-0.4, -0.2) is 53.2 Å². The molecule has 2 heterocycles. The van der Waals surface area contributed by atoms with Crippen molar-refractivity contribution in [2.24, 2.45) is 5.10 Å². The van der Waals surface area contributed by atoms with Crippen LogP contribution in [0.15, 0.2) is 59.7 Å². The Morgan fingerprint density at radius 1 is 1.06 bits per heavy atom. The predicted octanol–water partition coefficient (Wildman–Crippen LogP) is 4.09. The Hall–Kier alpha value is -2.99. The number of benzene rings is 2. The Morgan fingerprint density at radius 2 is 1.81 bits per heavy atom. The van der Waals surface area contributed by atoms with Crippen molar-refractivity contribution in [1.29, 1.82) is 0 Å². The molecule has 2 aliphatic heterocycles. The van der Waals surface area contributed by atoms with Crippen LogP contribution < -0.4 is 0 Å². The topological polar surface area (TPSA) is 62.2 Å². The molecular formula is C26H31N3O3. The number of hydrogen-bond acceptors (Lipinski definition) is 5. The maximum Gasteiger partial charge on any atom is 0.323 e. The molecule has 0 radical (unpaired) electrons. The van der Waals surface area contributed by atoms with Crippen molar-refractivity contribution in [2.45, 2.75) is 51.6 Å². The third-order valence-corrected chi connectivity index (χ3v) is 6.25. The average molecular weight is 434 g/mol. The normalized spacial score (nSPS) is 21.3. The summed E-state index contributed by atoms with van der Waals surface area (Å²) < 4.78 is 5.26. The van der Waals surface area contributed by atoms with E-state index in [-0.39, 0.29) is 30.5 Å². The second-order valence-corrected chi connectivity index (χ2v) is 8.52. The molecule has 1 saturated heterocycles. The maximum atomic E-state index is 13.5. The van der Waals surface area contributed by atoms with Gasteiger partial charge in [-0.3, -0.25) is 14.5 Å². The molecule has 0 N–H and O–H groups in total. The number of ether oxygens (including phenoxy) is 1. The van der Waals surface area contributed by atoms with E-state index in [0.29, 0.717) is 19.6 Å². The SMILES string of the molecule is CCOC(=O)[C@H]1CCCCN1CC(=O)N1N=C(c2ccccc2)C[C@H]1c1ccc(C)cc1. The number of nitrogens with zero attached hydrogens (tertiary/aromatic N) is 3. The van der Waals surface area contributed by atoms with E-state index in [1.807, 2.05) is 42.2 Å². The fourth-order valence-corrected chi connectivity index (χ4v) is 4.53. The van der Waals surface area contributed by atoms with Gasteiger partial charge in [-0.2, -0.15) is 5.10 Å². The molecular weight excluding hydrogens is 402 g/mol. The van der Waals surface area contributed by atoms with E-state index in [4.69, 9.17) is 9.84 Å². The van der Waals surface area contributed by atoms with Crippen molar-refractivity contribution in [3.05, 3.63) is 71.3 Å². The van der Waals surface area contributed by atoms with E-state index >= 15 is 0 Å². The number of amides is 1. The van der Waals surface area contributed by atoms with Crippen molar-refractivity contribution in [1.82, 2.24) is 9.91 Å². The van der Waals surface area contributed by atoms with Gasteiger partial charge in [0.1, 0.15) is 6.04 Å². The lowest BCUT2D eigenvalue weighted by molar-refractivity contribution is -0.152. The van der Waals surface area contributed by atoms with Crippen LogP contribution in [0.1, 0.15) is 55.3 Å². The van der Waals surface area contributed by atoms with Gasteiger partial charge in [0.05, 0.1) is 24.9 Å². The fourth-order valence-electron chi connectivity index (χ4n) is 4.53. The number of aryl methyl sites for hydroxylation is 1. The summed E-state index contributed by atoms with van der Waals surface area (Å²) in [5.74, 6) is -0.317. The first-order chi connectivity index (χ1) is 15.6. The van der Waals surface area contributed by atoms with Gasteiger partial charge in [0.25, 0.3) is 5.91 Å². The Balaban J connectivity index is 1.58. The lowest BCUT2D eigenvalue weighted by atomic mass is 9.97. The Morgan fingerprint density at radius 3 is 2.53 bits per heavy atom. The van der Waals surface area contributed by atoms with Gasteiger partial charge in [-0.1, -0.05) is 66.6 Å². The third kappa shape index (κ3) is 4.91. The summed E-state index contributed by atoms with van der Waals surface area (Å²) in [6.07, 6.45) is 3.34. The summed E-state index contributed by atoms with van der Waals surface area (Å²) in [7, 11) is 0. The largest absolute Gasteiger partial charge is 0.465 e. The van der Waals surface area contributed by atoms with Gasteiger partial charge in [0.2, 0.25) is 0 Å². The second-order valence-electron chi connectivity index (χ2n) is 8.52. The molecule has 2 aliphatic rings. The van der Waals surface area contributed by atoms with Gasteiger partial charge in [-0.15, -0.1) is 0 Å². The molecule has 0 aromatic heterocycles. The van der Waals surface area contributed by atoms with Gasteiger partial charge in [0, 0.05) is 6.42 Å². The Labute approximate surface area is 189 Å². The molecule has 0 unspecified atom stereocenters. The Bertz CT molecular complexity index is 972. The minimum Gasteiger partial charge on any atom is -0.465 e.